The summed E-state index contributed by atoms with van der Waals surface area (Å²) in [6.07, 6.45) is 1.92. The maximum absolute atomic E-state index is 4.97. The van der Waals surface area contributed by atoms with Gasteiger partial charge in [0.1, 0.15) is 0 Å². The van der Waals surface area contributed by atoms with Crippen molar-refractivity contribution in [2.24, 2.45) is 0 Å². The van der Waals surface area contributed by atoms with E-state index >= 15 is 0 Å². The lowest BCUT2D eigenvalue weighted by atomic mass is 10.3. The normalized spacial score (nSPS) is 10.6. The Kier molecular flexibility index (Phi) is 2.97. The Morgan fingerprint density at radius 3 is 2.79 bits per heavy atom. The summed E-state index contributed by atoms with van der Waals surface area (Å²) < 4.78 is 6.80. The third-order valence-corrected chi connectivity index (χ3v) is 2.61. The number of aromatic nitrogens is 4. The molecule has 96 valence electrons. The quantitative estimate of drug-likeness (QED) is 0.773. The second-order valence-corrected chi connectivity index (χ2v) is 4.09. The highest BCUT2D eigenvalue weighted by molar-refractivity contribution is 5.30. The van der Waals surface area contributed by atoms with Crippen LogP contribution in [-0.2, 0) is 6.54 Å². The summed E-state index contributed by atoms with van der Waals surface area (Å²) in [5.74, 6) is 0.609. The number of nitrogens with zero attached hydrogens (tertiary/aromatic N) is 4. The first-order valence-electron chi connectivity index (χ1n) is 5.95. The zero-order valence-electron chi connectivity index (χ0n) is 10.4. The van der Waals surface area contributed by atoms with E-state index < -0.39 is 0 Å². The Bertz CT molecular complexity index is 658. The number of hydrogen-bond donors (Lipinski definition) is 1. The first-order chi connectivity index (χ1) is 9.31. The van der Waals surface area contributed by atoms with Crippen molar-refractivity contribution in [1.82, 2.24) is 19.9 Å². The van der Waals surface area contributed by atoms with E-state index in [1.807, 2.05) is 47.3 Å². The van der Waals surface area contributed by atoms with Crippen LogP contribution >= 0.6 is 0 Å². The minimum absolute atomic E-state index is 0.409. The molecule has 3 aromatic rings. The molecular weight excluding hydrogens is 242 g/mol. The third kappa shape index (κ3) is 2.62. The second-order valence-electron chi connectivity index (χ2n) is 4.09. The zero-order valence-corrected chi connectivity index (χ0v) is 10.4. The summed E-state index contributed by atoms with van der Waals surface area (Å²) in [5.41, 5.74) is 1.93. The van der Waals surface area contributed by atoms with Gasteiger partial charge in [0, 0.05) is 6.20 Å². The molecular formula is C13H13N5O. The first kappa shape index (κ1) is 11.5. The molecule has 19 heavy (non-hydrogen) atoms. The molecule has 0 amide bonds. The molecule has 0 aliphatic rings. The average molecular weight is 255 g/mol. The Labute approximate surface area is 110 Å². The first-order valence-corrected chi connectivity index (χ1v) is 5.95. The highest BCUT2D eigenvalue weighted by Crippen LogP contribution is 2.08. The predicted octanol–water partition coefficient (Wildman–Crippen LogP) is 2.18. The van der Waals surface area contributed by atoms with Crippen molar-refractivity contribution in [3.05, 3.63) is 54.1 Å². The van der Waals surface area contributed by atoms with E-state index in [0.29, 0.717) is 18.4 Å². The number of aryl methyl sites for hydroxylation is 1. The van der Waals surface area contributed by atoms with Gasteiger partial charge in [-0.2, -0.15) is 10.1 Å². The van der Waals surface area contributed by atoms with E-state index in [0.717, 1.165) is 11.4 Å². The number of para-hydroxylation sites is 1. The van der Waals surface area contributed by atoms with Gasteiger partial charge in [-0.05, 0) is 25.1 Å². The van der Waals surface area contributed by atoms with Gasteiger partial charge < -0.3 is 9.84 Å². The van der Waals surface area contributed by atoms with E-state index in [4.69, 9.17) is 4.52 Å². The monoisotopic (exact) mass is 255 g/mol. The third-order valence-electron chi connectivity index (χ3n) is 2.61. The Hall–Kier alpha value is -2.63. The molecule has 6 heteroatoms. The smallest absolute Gasteiger partial charge is 0.321 e. The number of anilines is 1. The number of benzene rings is 1. The van der Waals surface area contributed by atoms with Crippen LogP contribution in [0.5, 0.6) is 0 Å². The van der Waals surface area contributed by atoms with Crippen LogP contribution in [0.4, 0.5) is 6.01 Å². The molecule has 2 heterocycles. The molecule has 0 aliphatic heterocycles. The molecule has 0 radical (unpaired) electrons. The van der Waals surface area contributed by atoms with Crippen molar-refractivity contribution in [3.63, 3.8) is 0 Å². The standard InChI is InChI=1S/C13H13N5O/c1-10-15-13(19-17-10)14-9-11-7-8-18(16-11)12-5-3-2-4-6-12/h2-8H,9H2,1H3,(H,14,15,17). The average Bonchev–Trinajstić information content (AvgIpc) is 3.06. The minimum Gasteiger partial charge on any atom is -0.332 e. The van der Waals surface area contributed by atoms with Gasteiger partial charge in [0.15, 0.2) is 5.82 Å². The van der Waals surface area contributed by atoms with Crippen LogP contribution in [0.3, 0.4) is 0 Å². The van der Waals surface area contributed by atoms with Crippen molar-refractivity contribution < 1.29 is 4.52 Å². The van der Waals surface area contributed by atoms with E-state index in [1.165, 1.54) is 0 Å². The van der Waals surface area contributed by atoms with Gasteiger partial charge in [-0.1, -0.05) is 23.4 Å². The number of rotatable bonds is 4. The molecule has 0 bridgehead atoms. The van der Waals surface area contributed by atoms with Gasteiger partial charge >= 0.3 is 6.01 Å². The summed E-state index contributed by atoms with van der Waals surface area (Å²) in [6.45, 7) is 2.32. The molecule has 0 saturated carbocycles. The highest BCUT2D eigenvalue weighted by Gasteiger charge is 2.04. The van der Waals surface area contributed by atoms with Gasteiger partial charge in [0.2, 0.25) is 0 Å². The van der Waals surface area contributed by atoms with E-state index in [1.54, 1.807) is 6.92 Å². The molecule has 0 fully saturated rings. The Morgan fingerprint density at radius 2 is 2.05 bits per heavy atom. The van der Waals surface area contributed by atoms with Crippen LogP contribution in [0.2, 0.25) is 0 Å². The lowest BCUT2D eigenvalue weighted by Gasteiger charge is -2.00. The van der Waals surface area contributed by atoms with E-state index in [-0.39, 0.29) is 0 Å². The van der Waals surface area contributed by atoms with Crippen LogP contribution in [0.15, 0.2) is 47.1 Å². The Morgan fingerprint density at radius 1 is 1.21 bits per heavy atom. The molecule has 1 N–H and O–H groups in total. The lowest BCUT2D eigenvalue weighted by Crippen LogP contribution is -2.02. The van der Waals surface area contributed by atoms with Gasteiger partial charge in [-0.15, -0.1) is 0 Å². The number of hydrogen-bond acceptors (Lipinski definition) is 5. The van der Waals surface area contributed by atoms with Gasteiger partial charge in [-0.25, -0.2) is 4.68 Å². The largest absolute Gasteiger partial charge is 0.332 e. The fourth-order valence-corrected chi connectivity index (χ4v) is 1.72. The Balaban J connectivity index is 1.68. The summed E-state index contributed by atoms with van der Waals surface area (Å²) in [4.78, 5) is 4.07. The second kappa shape index (κ2) is 4.93. The minimum atomic E-state index is 0.409. The van der Waals surface area contributed by atoms with Gasteiger partial charge in [0.25, 0.3) is 0 Å². The molecule has 3 rings (SSSR count). The van der Waals surface area contributed by atoms with Crippen molar-refractivity contribution >= 4 is 6.01 Å². The number of nitrogens with one attached hydrogen (secondary N) is 1. The van der Waals surface area contributed by atoms with Crippen molar-refractivity contribution in [2.75, 3.05) is 5.32 Å². The zero-order chi connectivity index (χ0) is 13.1. The van der Waals surface area contributed by atoms with E-state index in [2.05, 4.69) is 20.6 Å². The van der Waals surface area contributed by atoms with Crippen LogP contribution in [0.25, 0.3) is 5.69 Å². The lowest BCUT2D eigenvalue weighted by molar-refractivity contribution is 0.425. The van der Waals surface area contributed by atoms with Gasteiger partial charge in [0.05, 0.1) is 17.9 Å². The fraction of sp³-hybridized carbons (Fsp3) is 0.154. The predicted molar refractivity (Wildman–Crippen MR) is 69.9 cm³/mol. The highest BCUT2D eigenvalue weighted by atomic mass is 16.5. The summed E-state index contributed by atoms with van der Waals surface area (Å²) in [5, 5.41) is 11.2. The van der Waals surface area contributed by atoms with Crippen LogP contribution in [-0.4, -0.2) is 19.9 Å². The molecule has 0 saturated heterocycles. The van der Waals surface area contributed by atoms with Crippen molar-refractivity contribution in [2.45, 2.75) is 13.5 Å². The van der Waals surface area contributed by atoms with Gasteiger partial charge in [-0.3, -0.25) is 0 Å². The molecule has 2 aromatic heterocycles. The summed E-state index contributed by atoms with van der Waals surface area (Å²) >= 11 is 0. The van der Waals surface area contributed by atoms with Crippen LogP contribution < -0.4 is 5.32 Å². The summed E-state index contributed by atoms with van der Waals surface area (Å²) in [7, 11) is 0. The molecule has 0 atom stereocenters. The maximum atomic E-state index is 4.97. The van der Waals surface area contributed by atoms with Crippen LogP contribution in [0, 0.1) is 6.92 Å². The molecule has 1 aromatic carbocycles. The van der Waals surface area contributed by atoms with Crippen molar-refractivity contribution in [1.29, 1.82) is 0 Å². The molecule has 0 aliphatic carbocycles. The summed E-state index contributed by atoms with van der Waals surface area (Å²) in [6, 6.07) is 12.3. The van der Waals surface area contributed by atoms with E-state index in [9.17, 15) is 0 Å². The van der Waals surface area contributed by atoms with Crippen molar-refractivity contribution in [3.8, 4) is 5.69 Å². The van der Waals surface area contributed by atoms with Crippen LogP contribution in [0.1, 0.15) is 11.5 Å². The molecule has 6 nitrogen and oxygen atoms in total. The topological polar surface area (TPSA) is 68.8 Å². The maximum Gasteiger partial charge on any atom is 0.321 e. The SMILES string of the molecule is Cc1noc(NCc2ccn(-c3ccccc3)n2)n1. The fourth-order valence-electron chi connectivity index (χ4n) is 1.72. The molecule has 0 unspecified atom stereocenters. The molecule has 0 spiro atoms.